The van der Waals surface area contributed by atoms with Crippen LogP contribution in [0.5, 0.6) is 5.75 Å². The Morgan fingerprint density at radius 1 is 1.12 bits per heavy atom. The Kier molecular flexibility index (Phi) is 4.53. The standard InChI is InChI=1S/C21H24N2O2/c1-14(2)17-12-15(10-11-20(17)25-5)23-19-9-7-6-8-16(19)18(21(23)24)13-22(3)4/h6-14H,1-5H3/b18-13-. The van der Waals surface area contributed by atoms with Gasteiger partial charge in [0, 0.05) is 31.5 Å². The Labute approximate surface area is 149 Å². The van der Waals surface area contributed by atoms with E-state index in [4.69, 9.17) is 4.74 Å². The SMILES string of the molecule is COc1ccc(N2C(=O)/C(=C\N(C)C)c3ccccc32)cc1C(C)C. The van der Waals surface area contributed by atoms with E-state index in [1.165, 1.54) is 0 Å². The summed E-state index contributed by atoms with van der Waals surface area (Å²) in [6.07, 6.45) is 1.88. The summed E-state index contributed by atoms with van der Waals surface area (Å²) in [5, 5.41) is 0. The number of anilines is 2. The molecule has 1 aliphatic rings. The van der Waals surface area contributed by atoms with Crippen LogP contribution in [-0.4, -0.2) is 32.0 Å². The Bertz CT molecular complexity index is 838. The van der Waals surface area contributed by atoms with Crippen molar-refractivity contribution in [2.24, 2.45) is 0 Å². The number of ether oxygens (including phenoxy) is 1. The van der Waals surface area contributed by atoms with E-state index in [0.29, 0.717) is 11.5 Å². The van der Waals surface area contributed by atoms with Crippen molar-refractivity contribution in [3.8, 4) is 5.75 Å². The van der Waals surface area contributed by atoms with Crippen molar-refractivity contribution in [2.45, 2.75) is 19.8 Å². The summed E-state index contributed by atoms with van der Waals surface area (Å²) in [6.45, 7) is 4.25. The zero-order chi connectivity index (χ0) is 18.1. The molecule has 0 spiro atoms. The lowest BCUT2D eigenvalue weighted by molar-refractivity contribution is -0.112. The van der Waals surface area contributed by atoms with Gasteiger partial charge in [-0.25, -0.2) is 0 Å². The summed E-state index contributed by atoms with van der Waals surface area (Å²) in [4.78, 5) is 16.8. The smallest absolute Gasteiger partial charge is 0.265 e. The van der Waals surface area contributed by atoms with Crippen LogP contribution in [0, 0.1) is 0 Å². The van der Waals surface area contributed by atoms with E-state index in [2.05, 4.69) is 19.9 Å². The van der Waals surface area contributed by atoms with Gasteiger partial charge in [-0.15, -0.1) is 0 Å². The first-order chi connectivity index (χ1) is 11.9. The molecule has 0 saturated carbocycles. The predicted molar refractivity (Wildman–Crippen MR) is 102 cm³/mol. The van der Waals surface area contributed by atoms with E-state index < -0.39 is 0 Å². The van der Waals surface area contributed by atoms with Gasteiger partial charge in [-0.05, 0) is 35.7 Å². The van der Waals surface area contributed by atoms with Crippen LogP contribution >= 0.6 is 0 Å². The maximum absolute atomic E-state index is 13.1. The van der Waals surface area contributed by atoms with Gasteiger partial charge in [-0.3, -0.25) is 9.69 Å². The van der Waals surface area contributed by atoms with E-state index >= 15 is 0 Å². The molecule has 25 heavy (non-hydrogen) atoms. The third-order valence-electron chi connectivity index (χ3n) is 4.35. The highest BCUT2D eigenvalue weighted by Crippen LogP contribution is 2.43. The zero-order valence-corrected chi connectivity index (χ0v) is 15.4. The topological polar surface area (TPSA) is 32.8 Å². The highest BCUT2D eigenvalue weighted by molar-refractivity contribution is 6.34. The summed E-state index contributed by atoms with van der Waals surface area (Å²) in [6, 6.07) is 13.8. The molecule has 0 aromatic heterocycles. The summed E-state index contributed by atoms with van der Waals surface area (Å²) in [7, 11) is 5.53. The van der Waals surface area contributed by atoms with E-state index in [1.807, 2.05) is 61.6 Å². The van der Waals surface area contributed by atoms with Crippen LogP contribution in [0.3, 0.4) is 0 Å². The van der Waals surface area contributed by atoms with Crippen LogP contribution in [0.2, 0.25) is 0 Å². The molecule has 4 nitrogen and oxygen atoms in total. The maximum atomic E-state index is 13.1. The first-order valence-corrected chi connectivity index (χ1v) is 8.44. The fourth-order valence-electron chi connectivity index (χ4n) is 3.19. The van der Waals surface area contributed by atoms with E-state index in [9.17, 15) is 4.79 Å². The van der Waals surface area contributed by atoms with E-state index in [-0.39, 0.29) is 5.91 Å². The normalized spacial score (nSPS) is 15.0. The van der Waals surface area contributed by atoms with Gasteiger partial charge in [-0.1, -0.05) is 32.0 Å². The number of hydrogen-bond acceptors (Lipinski definition) is 3. The van der Waals surface area contributed by atoms with Crippen LogP contribution in [0.15, 0.2) is 48.7 Å². The number of para-hydroxylation sites is 1. The van der Waals surface area contributed by atoms with Crippen molar-refractivity contribution >= 4 is 22.9 Å². The molecule has 2 aromatic carbocycles. The number of benzene rings is 2. The number of nitrogens with zero attached hydrogens (tertiary/aromatic N) is 2. The fraction of sp³-hybridized carbons (Fsp3) is 0.286. The molecule has 130 valence electrons. The van der Waals surface area contributed by atoms with Crippen molar-refractivity contribution in [1.82, 2.24) is 4.90 Å². The molecule has 2 aromatic rings. The van der Waals surface area contributed by atoms with Crippen LogP contribution in [0.25, 0.3) is 5.57 Å². The quantitative estimate of drug-likeness (QED) is 0.776. The second kappa shape index (κ2) is 6.63. The average molecular weight is 336 g/mol. The second-order valence-electron chi connectivity index (χ2n) is 6.75. The highest BCUT2D eigenvalue weighted by atomic mass is 16.5. The van der Waals surface area contributed by atoms with Gasteiger partial charge in [-0.2, -0.15) is 0 Å². The minimum absolute atomic E-state index is 0.00484. The van der Waals surface area contributed by atoms with Crippen molar-refractivity contribution in [3.05, 3.63) is 59.8 Å². The van der Waals surface area contributed by atoms with E-state index in [1.54, 1.807) is 12.0 Å². The minimum Gasteiger partial charge on any atom is -0.496 e. The Morgan fingerprint density at radius 3 is 2.48 bits per heavy atom. The summed E-state index contributed by atoms with van der Waals surface area (Å²) in [5.41, 5.74) is 4.55. The molecule has 0 bridgehead atoms. The third-order valence-corrected chi connectivity index (χ3v) is 4.35. The van der Waals surface area contributed by atoms with Gasteiger partial charge in [0.2, 0.25) is 0 Å². The maximum Gasteiger partial charge on any atom is 0.265 e. The molecular formula is C21H24N2O2. The van der Waals surface area contributed by atoms with Crippen molar-refractivity contribution in [3.63, 3.8) is 0 Å². The second-order valence-corrected chi connectivity index (χ2v) is 6.75. The first kappa shape index (κ1) is 17.1. The van der Waals surface area contributed by atoms with Crippen molar-refractivity contribution in [1.29, 1.82) is 0 Å². The monoisotopic (exact) mass is 336 g/mol. The van der Waals surface area contributed by atoms with Gasteiger partial charge in [0.25, 0.3) is 5.91 Å². The van der Waals surface area contributed by atoms with Crippen LogP contribution in [-0.2, 0) is 4.79 Å². The Balaban J connectivity index is 2.15. The summed E-state index contributed by atoms with van der Waals surface area (Å²) in [5.74, 6) is 1.15. The number of carbonyl (C=O) groups excluding carboxylic acids is 1. The van der Waals surface area contributed by atoms with Gasteiger partial charge in [0.15, 0.2) is 0 Å². The lowest BCUT2D eigenvalue weighted by atomic mass is 10.0. The number of amides is 1. The molecule has 0 N–H and O–H groups in total. The zero-order valence-electron chi connectivity index (χ0n) is 15.4. The molecule has 0 fully saturated rings. The molecule has 0 saturated heterocycles. The number of hydrogen-bond donors (Lipinski definition) is 0. The van der Waals surface area contributed by atoms with Gasteiger partial charge < -0.3 is 9.64 Å². The van der Waals surface area contributed by atoms with Gasteiger partial charge >= 0.3 is 0 Å². The number of fused-ring (bicyclic) bond motifs is 1. The van der Waals surface area contributed by atoms with Gasteiger partial charge in [0.05, 0.1) is 18.4 Å². The lowest BCUT2D eigenvalue weighted by Gasteiger charge is -2.20. The summed E-state index contributed by atoms with van der Waals surface area (Å²) >= 11 is 0. The van der Waals surface area contributed by atoms with E-state index in [0.717, 1.165) is 28.3 Å². The van der Waals surface area contributed by atoms with Gasteiger partial charge in [0.1, 0.15) is 5.75 Å². The largest absolute Gasteiger partial charge is 0.496 e. The van der Waals surface area contributed by atoms with Crippen molar-refractivity contribution < 1.29 is 9.53 Å². The third kappa shape index (κ3) is 3.00. The molecule has 0 unspecified atom stereocenters. The number of methoxy groups -OCH3 is 1. The molecule has 1 aliphatic heterocycles. The molecule has 0 atom stereocenters. The average Bonchev–Trinajstić information content (AvgIpc) is 2.86. The molecule has 4 heteroatoms. The number of rotatable bonds is 4. The molecular weight excluding hydrogens is 312 g/mol. The van der Waals surface area contributed by atoms with Crippen LogP contribution < -0.4 is 9.64 Å². The number of carbonyl (C=O) groups is 1. The summed E-state index contributed by atoms with van der Waals surface area (Å²) < 4.78 is 5.47. The molecule has 1 heterocycles. The fourth-order valence-corrected chi connectivity index (χ4v) is 3.19. The molecule has 0 aliphatic carbocycles. The lowest BCUT2D eigenvalue weighted by Crippen LogP contribution is -2.21. The minimum atomic E-state index is -0.00484. The molecule has 0 radical (unpaired) electrons. The van der Waals surface area contributed by atoms with Crippen LogP contribution in [0.1, 0.15) is 30.9 Å². The molecule has 1 amide bonds. The predicted octanol–water partition coefficient (Wildman–Crippen LogP) is 4.40. The van der Waals surface area contributed by atoms with Crippen molar-refractivity contribution in [2.75, 3.05) is 26.1 Å². The Morgan fingerprint density at radius 2 is 1.84 bits per heavy atom. The Hall–Kier alpha value is -2.75. The molecule has 3 rings (SSSR count). The van der Waals surface area contributed by atoms with Crippen LogP contribution in [0.4, 0.5) is 11.4 Å². The first-order valence-electron chi connectivity index (χ1n) is 8.44. The highest BCUT2D eigenvalue weighted by Gasteiger charge is 2.33.